The maximum atomic E-state index is 6.27. The third-order valence-corrected chi connectivity index (χ3v) is 9.39. The van der Waals surface area contributed by atoms with Crippen LogP contribution in [0.5, 0.6) is 0 Å². The fourth-order valence-corrected chi connectivity index (χ4v) is 9.17. The van der Waals surface area contributed by atoms with Gasteiger partial charge in [-0.25, -0.2) is 0 Å². The topological polar surface area (TPSA) is 36.9 Å². The van der Waals surface area contributed by atoms with Crippen LogP contribution in [0.2, 0.25) is 12.1 Å². The van der Waals surface area contributed by atoms with Gasteiger partial charge in [0.05, 0.1) is 43.5 Å². The van der Waals surface area contributed by atoms with Crippen LogP contribution in [0, 0.1) is 0 Å². The molecule has 0 aliphatic heterocycles. The Bertz CT molecular complexity index is 319. The highest BCUT2D eigenvalue weighted by molar-refractivity contribution is 6.41. The monoisotopic (exact) mass is 420 g/mol. The predicted octanol–water partition coefficient (Wildman–Crippen LogP) is 4.38. The van der Waals surface area contributed by atoms with Gasteiger partial charge in [0.1, 0.15) is 10.8 Å². The molecule has 0 unspecified atom stereocenters. The van der Waals surface area contributed by atoms with E-state index in [2.05, 4.69) is 69.2 Å². The second kappa shape index (κ2) is 13.5. The predicted molar refractivity (Wildman–Crippen MR) is 122 cm³/mol. The molecule has 164 valence electrons. The fourth-order valence-electron chi connectivity index (χ4n) is 3.66. The number of hydrogen-bond donors (Lipinski definition) is 0. The average Bonchev–Trinajstić information content (AvgIpc) is 2.51. The van der Waals surface area contributed by atoms with Crippen LogP contribution in [0.25, 0.3) is 0 Å². The maximum Gasteiger partial charge on any atom is 0.145 e. The van der Waals surface area contributed by atoms with Crippen LogP contribution in [0.4, 0.5) is 0 Å². The lowest BCUT2D eigenvalue weighted by Crippen LogP contribution is -2.46. The molecule has 0 rings (SSSR count). The van der Waals surface area contributed by atoms with Crippen molar-refractivity contribution in [3.05, 3.63) is 0 Å². The van der Waals surface area contributed by atoms with E-state index < -0.39 is 19.0 Å². The van der Waals surface area contributed by atoms with Crippen LogP contribution < -0.4 is 0 Å². The Hall–Kier alpha value is 0.274. The first-order valence-electron chi connectivity index (χ1n) is 11.2. The highest BCUT2D eigenvalue weighted by Gasteiger charge is 2.34. The van der Waals surface area contributed by atoms with Gasteiger partial charge in [-0.15, -0.1) is 0 Å². The Morgan fingerprint density at radius 2 is 0.815 bits per heavy atom. The first-order chi connectivity index (χ1) is 12.5. The molecule has 0 saturated carbocycles. The van der Waals surface area contributed by atoms with Crippen LogP contribution >= 0.6 is 0 Å². The Morgan fingerprint density at radius 3 is 1.00 bits per heavy atom. The van der Waals surface area contributed by atoms with Gasteiger partial charge in [0.15, 0.2) is 0 Å². The molecule has 0 aromatic carbocycles. The van der Waals surface area contributed by atoms with Gasteiger partial charge in [-0.05, 0) is 68.2 Å². The minimum atomic E-state index is -0.485. The highest BCUT2D eigenvalue weighted by atomic mass is 28.2. The fraction of sp³-hybridized carbons (Fsp3) is 1.00. The molecule has 0 aromatic heterocycles. The van der Waals surface area contributed by atoms with E-state index in [1.54, 1.807) is 0 Å². The Labute approximate surface area is 174 Å². The van der Waals surface area contributed by atoms with Crippen LogP contribution in [0.1, 0.15) is 88.5 Å². The maximum absolute atomic E-state index is 6.27. The number of rotatable bonds is 16. The lowest BCUT2D eigenvalue weighted by atomic mass is 10.4. The van der Waals surface area contributed by atoms with Gasteiger partial charge in [-0.3, -0.25) is 0 Å². The van der Waals surface area contributed by atoms with Gasteiger partial charge in [-0.1, -0.05) is 32.4 Å². The molecule has 0 bridgehead atoms. The lowest BCUT2D eigenvalue weighted by Gasteiger charge is -2.37. The number of hydrogen-bond acceptors (Lipinski definition) is 4. The minimum Gasteiger partial charge on any atom is -0.352 e. The van der Waals surface area contributed by atoms with Crippen molar-refractivity contribution in [3.8, 4) is 0 Å². The lowest BCUT2D eigenvalue weighted by molar-refractivity contribution is -0.218. The van der Waals surface area contributed by atoms with E-state index in [0.717, 1.165) is 12.8 Å². The molecule has 4 nitrogen and oxygen atoms in total. The van der Waals surface area contributed by atoms with Crippen LogP contribution in [0.3, 0.4) is 0 Å². The quantitative estimate of drug-likeness (QED) is 0.211. The molecular weight excluding hydrogens is 372 g/mol. The molecule has 0 aliphatic carbocycles. The third kappa shape index (κ3) is 11.8. The summed E-state index contributed by atoms with van der Waals surface area (Å²) in [6, 6.07) is 2.51. The van der Waals surface area contributed by atoms with Crippen molar-refractivity contribution in [1.29, 1.82) is 0 Å². The summed E-state index contributed by atoms with van der Waals surface area (Å²) >= 11 is 0. The first kappa shape index (κ1) is 27.3. The van der Waals surface area contributed by atoms with E-state index >= 15 is 0 Å². The summed E-state index contributed by atoms with van der Waals surface area (Å²) in [5.41, 5.74) is -0.622. The zero-order chi connectivity index (χ0) is 21.1. The van der Waals surface area contributed by atoms with E-state index in [1.807, 2.05) is 0 Å². The van der Waals surface area contributed by atoms with Crippen molar-refractivity contribution >= 4 is 19.0 Å². The zero-order valence-electron chi connectivity index (χ0n) is 19.9. The molecule has 0 N–H and O–H groups in total. The van der Waals surface area contributed by atoms with E-state index in [9.17, 15) is 0 Å². The molecule has 0 aromatic rings. The SMILES string of the molecule is CCC(OC(C)C)(OC(C)C)[SiH2]CCC[SiH2]C(CC)(OC(C)C)OC(C)C. The second-order valence-electron chi connectivity index (χ2n) is 8.76. The molecule has 0 fully saturated rings. The molecule has 27 heavy (non-hydrogen) atoms. The van der Waals surface area contributed by atoms with E-state index in [1.165, 1.54) is 18.5 Å². The van der Waals surface area contributed by atoms with Crippen LogP contribution in [-0.4, -0.2) is 54.3 Å². The van der Waals surface area contributed by atoms with Gasteiger partial charge < -0.3 is 18.9 Å². The van der Waals surface area contributed by atoms with Crippen molar-refractivity contribution in [2.75, 3.05) is 0 Å². The Kier molecular flexibility index (Phi) is 13.6. The molecule has 0 amide bonds. The van der Waals surface area contributed by atoms with Gasteiger partial charge in [0.2, 0.25) is 0 Å². The summed E-state index contributed by atoms with van der Waals surface area (Å²) in [6.07, 6.45) is 3.95. The summed E-state index contributed by atoms with van der Waals surface area (Å²) in [7, 11) is -0.971. The van der Waals surface area contributed by atoms with Crippen molar-refractivity contribution in [2.24, 2.45) is 0 Å². The van der Waals surface area contributed by atoms with E-state index in [4.69, 9.17) is 18.9 Å². The summed E-state index contributed by atoms with van der Waals surface area (Å²) in [6.45, 7) is 21.3. The molecule has 0 atom stereocenters. The number of ether oxygens (including phenoxy) is 4. The Morgan fingerprint density at radius 1 is 0.556 bits per heavy atom. The molecule has 0 aliphatic rings. The molecular formula is C21H48O4Si2. The minimum absolute atomic E-state index is 0.206. The standard InChI is InChI=1S/C21H48O4Si2/c1-11-20(22-16(3)4,23-17(5)6)26-14-13-15-27-21(12-2,24-18(7)8)25-19(9)10/h16-19H,11-15,26-27H2,1-10H3. The van der Waals surface area contributed by atoms with E-state index in [-0.39, 0.29) is 35.2 Å². The largest absolute Gasteiger partial charge is 0.352 e. The molecule has 0 spiro atoms. The highest BCUT2D eigenvalue weighted by Crippen LogP contribution is 2.25. The summed E-state index contributed by atoms with van der Waals surface area (Å²) in [4.78, 5) is 0. The molecule has 0 heterocycles. The van der Waals surface area contributed by atoms with Crippen LogP contribution in [-0.2, 0) is 18.9 Å². The molecule has 0 saturated heterocycles. The smallest absolute Gasteiger partial charge is 0.145 e. The zero-order valence-corrected chi connectivity index (χ0v) is 22.7. The normalized spacial score (nSPS) is 14.4. The third-order valence-electron chi connectivity index (χ3n) is 4.49. The molecule has 0 radical (unpaired) electrons. The Balaban J connectivity index is 4.71. The first-order valence-corrected chi connectivity index (χ1v) is 14.6. The van der Waals surface area contributed by atoms with Crippen LogP contribution in [0.15, 0.2) is 0 Å². The molecule has 6 heteroatoms. The van der Waals surface area contributed by atoms with Crippen molar-refractivity contribution in [2.45, 2.75) is 136 Å². The summed E-state index contributed by atoms with van der Waals surface area (Å²) in [5.74, 6) is 0. The summed E-state index contributed by atoms with van der Waals surface area (Å²) < 4.78 is 25.1. The van der Waals surface area contributed by atoms with Gasteiger partial charge in [0, 0.05) is 0 Å². The second-order valence-corrected chi connectivity index (χ2v) is 13.3. The van der Waals surface area contributed by atoms with E-state index in [0.29, 0.717) is 0 Å². The average molecular weight is 421 g/mol. The van der Waals surface area contributed by atoms with Crippen molar-refractivity contribution in [1.82, 2.24) is 0 Å². The van der Waals surface area contributed by atoms with Crippen molar-refractivity contribution < 1.29 is 18.9 Å². The van der Waals surface area contributed by atoms with Gasteiger partial charge in [0.25, 0.3) is 0 Å². The van der Waals surface area contributed by atoms with Gasteiger partial charge >= 0.3 is 0 Å². The summed E-state index contributed by atoms with van der Waals surface area (Å²) in [5, 5.41) is 0. The van der Waals surface area contributed by atoms with Gasteiger partial charge in [-0.2, -0.15) is 0 Å². The van der Waals surface area contributed by atoms with Crippen molar-refractivity contribution in [3.63, 3.8) is 0 Å².